The standard InChI is InChI=1S/C58H42BN3O/c1-4-19-39(20-5-1)45-36-35-40-21-10-11-26-44(40)57(45)62(52-33-18-28-47-46-27-12-17-34-55(46)63-58(47)52)43-37-53-56-54(38-43)61(42-24-8-3-9-25-42)51-32-16-14-30-49(51)59(56)48-29-13-15-31-50(48)60(53)41-22-6-2-7-23-41/h1-9,12-20,22-25,27-38H,10-11,21,26H2. The van der Waals surface area contributed by atoms with E-state index in [0.717, 1.165) is 64.0 Å². The number of rotatable bonds is 6. The molecule has 5 heteroatoms. The summed E-state index contributed by atoms with van der Waals surface area (Å²) in [6.07, 6.45) is 4.41. The van der Waals surface area contributed by atoms with Crippen LogP contribution in [0.15, 0.2) is 211 Å². The molecule has 2 aliphatic heterocycles. The molecule has 4 nitrogen and oxygen atoms in total. The van der Waals surface area contributed by atoms with Crippen molar-refractivity contribution in [1.82, 2.24) is 0 Å². The Morgan fingerprint density at radius 3 is 1.73 bits per heavy atom. The van der Waals surface area contributed by atoms with E-state index in [1.807, 2.05) is 0 Å². The van der Waals surface area contributed by atoms with E-state index in [1.165, 1.54) is 73.5 Å². The van der Waals surface area contributed by atoms with Gasteiger partial charge >= 0.3 is 0 Å². The van der Waals surface area contributed by atoms with E-state index in [9.17, 15) is 0 Å². The second-order valence-electron chi connectivity index (χ2n) is 17.1. The van der Waals surface area contributed by atoms with Crippen LogP contribution in [-0.4, -0.2) is 6.71 Å². The Hall–Kier alpha value is -7.76. The molecule has 0 N–H and O–H groups in total. The number of benzene rings is 9. The third-order valence-electron chi connectivity index (χ3n) is 13.6. The van der Waals surface area contributed by atoms with Crippen molar-refractivity contribution in [2.45, 2.75) is 25.7 Å². The quantitative estimate of drug-likeness (QED) is 0.156. The van der Waals surface area contributed by atoms with Gasteiger partial charge in [-0.15, -0.1) is 0 Å². The number of hydrogen-bond acceptors (Lipinski definition) is 4. The van der Waals surface area contributed by atoms with E-state index in [-0.39, 0.29) is 6.71 Å². The minimum absolute atomic E-state index is 0.0213. The van der Waals surface area contributed by atoms with Gasteiger partial charge in [0.1, 0.15) is 5.58 Å². The largest absolute Gasteiger partial charge is 0.454 e. The second-order valence-corrected chi connectivity index (χ2v) is 17.1. The van der Waals surface area contributed by atoms with Crippen molar-refractivity contribution < 1.29 is 4.42 Å². The molecule has 298 valence electrons. The molecular weight excluding hydrogens is 765 g/mol. The van der Waals surface area contributed by atoms with Crippen molar-refractivity contribution in [2.24, 2.45) is 0 Å². The van der Waals surface area contributed by atoms with E-state index < -0.39 is 0 Å². The molecule has 0 radical (unpaired) electrons. The first-order valence-corrected chi connectivity index (χ1v) is 22.3. The Morgan fingerprint density at radius 1 is 0.476 bits per heavy atom. The zero-order valence-electron chi connectivity index (χ0n) is 34.8. The molecule has 3 heterocycles. The molecule has 0 saturated heterocycles. The number of hydrogen-bond donors (Lipinski definition) is 0. The predicted molar refractivity (Wildman–Crippen MR) is 265 cm³/mol. The van der Waals surface area contributed by atoms with Gasteiger partial charge in [-0.05, 0) is 119 Å². The van der Waals surface area contributed by atoms with E-state index in [2.05, 4.69) is 221 Å². The fourth-order valence-corrected chi connectivity index (χ4v) is 10.9. The van der Waals surface area contributed by atoms with Gasteiger partial charge in [-0.2, -0.15) is 0 Å². The van der Waals surface area contributed by atoms with Crippen LogP contribution < -0.4 is 31.1 Å². The van der Waals surface area contributed by atoms with Gasteiger partial charge < -0.3 is 19.1 Å². The fraction of sp³-hybridized carbons (Fsp3) is 0.0690. The Kier molecular flexibility index (Phi) is 8.23. The molecule has 1 aliphatic carbocycles. The van der Waals surface area contributed by atoms with E-state index in [4.69, 9.17) is 4.42 Å². The molecule has 1 aromatic heterocycles. The summed E-state index contributed by atoms with van der Waals surface area (Å²) in [7, 11) is 0. The summed E-state index contributed by atoms with van der Waals surface area (Å²) < 4.78 is 7.01. The van der Waals surface area contributed by atoms with Crippen LogP contribution in [0.2, 0.25) is 0 Å². The lowest BCUT2D eigenvalue weighted by atomic mass is 9.33. The summed E-state index contributed by atoms with van der Waals surface area (Å²) in [6.45, 7) is 0.0213. The first-order valence-electron chi connectivity index (χ1n) is 22.3. The van der Waals surface area contributed by atoms with Crippen molar-refractivity contribution >= 4 is 96.2 Å². The highest BCUT2D eigenvalue weighted by Gasteiger charge is 2.44. The lowest BCUT2D eigenvalue weighted by molar-refractivity contribution is 0.668. The SMILES string of the molecule is c1ccc(-c2ccc3c(c2N(c2cc4c5c(c2)N(c2ccccc2)c2ccccc2B5c2ccccc2N4c2ccccc2)c2cccc4c2oc2ccccc24)CCCC3)cc1. The average Bonchev–Trinajstić information content (AvgIpc) is 3.74. The Morgan fingerprint density at radius 2 is 1.05 bits per heavy atom. The number of anilines is 9. The molecule has 9 aromatic carbocycles. The average molecular weight is 808 g/mol. The molecule has 0 spiro atoms. The van der Waals surface area contributed by atoms with Crippen LogP contribution in [0.5, 0.6) is 0 Å². The van der Waals surface area contributed by atoms with Gasteiger partial charge in [-0.3, -0.25) is 0 Å². The summed E-state index contributed by atoms with van der Waals surface area (Å²) >= 11 is 0. The highest BCUT2D eigenvalue weighted by Crippen LogP contribution is 2.52. The molecule has 3 aliphatic rings. The van der Waals surface area contributed by atoms with Crippen molar-refractivity contribution in [3.8, 4) is 11.1 Å². The molecular formula is C58H42BN3O. The maximum absolute atomic E-state index is 7.01. The van der Waals surface area contributed by atoms with Crippen molar-refractivity contribution in [3.05, 3.63) is 217 Å². The zero-order valence-corrected chi connectivity index (χ0v) is 34.8. The van der Waals surface area contributed by atoms with E-state index in [0.29, 0.717) is 0 Å². The first-order chi connectivity index (χ1) is 31.3. The lowest BCUT2D eigenvalue weighted by Gasteiger charge is -2.45. The van der Waals surface area contributed by atoms with Gasteiger partial charge in [0.05, 0.1) is 17.1 Å². The van der Waals surface area contributed by atoms with Crippen LogP contribution in [0.4, 0.5) is 51.2 Å². The molecule has 0 atom stereocenters. The number of fused-ring (bicyclic) bond motifs is 8. The summed E-state index contributed by atoms with van der Waals surface area (Å²) in [5, 5.41) is 2.23. The van der Waals surface area contributed by atoms with E-state index >= 15 is 0 Å². The number of para-hydroxylation sites is 6. The highest BCUT2D eigenvalue weighted by molar-refractivity contribution is 7.00. The lowest BCUT2D eigenvalue weighted by Crippen LogP contribution is -2.61. The second kappa shape index (κ2) is 14.4. The van der Waals surface area contributed by atoms with Crippen molar-refractivity contribution in [2.75, 3.05) is 14.7 Å². The third kappa shape index (κ3) is 5.56. The van der Waals surface area contributed by atoms with Crippen LogP contribution in [0.25, 0.3) is 33.1 Å². The molecule has 13 rings (SSSR count). The molecule has 0 fully saturated rings. The number of aryl methyl sites for hydroxylation is 1. The molecule has 0 amide bonds. The topological polar surface area (TPSA) is 22.9 Å². The number of furan rings is 1. The Labute approximate surface area is 368 Å². The van der Waals surface area contributed by atoms with Gasteiger partial charge in [0.25, 0.3) is 6.71 Å². The number of nitrogens with zero attached hydrogens (tertiary/aromatic N) is 3. The van der Waals surface area contributed by atoms with Crippen molar-refractivity contribution in [3.63, 3.8) is 0 Å². The molecule has 10 aromatic rings. The minimum Gasteiger partial charge on any atom is -0.454 e. The van der Waals surface area contributed by atoms with E-state index in [1.54, 1.807) is 0 Å². The van der Waals surface area contributed by atoms with Gasteiger partial charge in [0.2, 0.25) is 0 Å². The van der Waals surface area contributed by atoms with Gasteiger partial charge in [-0.1, -0.05) is 146 Å². The Balaban J connectivity index is 1.20. The maximum atomic E-state index is 7.01. The monoisotopic (exact) mass is 807 g/mol. The van der Waals surface area contributed by atoms with Crippen LogP contribution in [0.3, 0.4) is 0 Å². The van der Waals surface area contributed by atoms with Crippen LogP contribution >= 0.6 is 0 Å². The zero-order chi connectivity index (χ0) is 41.4. The normalized spacial score (nSPS) is 13.7. The van der Waals surface area contributed by atoms with Gasteiger partial charge in [-0.25, -0.2) is 0 Å². The third-order valence-corrected chi connectivity index (χ3v) is 13.6. The predicted octanol–water partition coefficient (Wildman–Crippen LogP) is 13.7. The van der Waals surface area contributed by atoms with Crippen LogP contribution in [0.1, 0.15) is 24.0 Å². The summed E-state index contributed by atoms with van der Waals surface area (Å²) in [5.74, 6) is 0. The van der Waals surface area contributed by atoms with Crippen molar-refractivity contribution in [1.29, 1.82) is 0 Å². The first kappa shape index (κ1) is 35.9. The van der Waals surface area contributed by atoms with Gasteiger partial charge in [0.15, 0.2) is 5.58 Å². The smallest absolute Gasteiger partial charge is 0.252 e. The molecule has 0 unspecified atom stereocenters. The van der Waals surface area contributed by atoms with Gasteiger partial charge in [0, 0.05) is 50.5 Å². The highest BCUT2D eigenvalue weighted by atomic mass is 16.3. The minimum atomic E-state index is 0.0213. The maximum Gasteiger partial charge on any atom is 0.252 e. The van der Waals surface area contributed by atoms with Crippen LogP contribution in [-0.2, 0) is 12.8 Å². The molecule has 0 saturated carbocycles. The summed E-state index contributed by atoms with van der Waals surface area (Å²) in [5.41, 5.74) is 21.2. The molecule has 63 heavy (non-hydrogen) atoms. The van der Waals surface area contributed by atoms with Crippen LogP contribution in [0, 0.1) is 0 Å². The fourth-order valence-electron chi connectivity index (χ4n) is 10.9. The summed E-state index contributed by atoms with van der Waals surface area (Å²) in [4.78, 5) is 7.57. The molecule has 0 bridgehead atoms. The Bertz CT molecular complexity index is 3270. The summed E-state index contributed by atoms with van der Waals surface area (Å²) in [6, 6.07) is 75.7.